The third-order valence-corrected chi connectivity index (χ3v) is 2.69. The summed E-state index contributed by atoms with van der Waals surface area (Å²) >= 11 is 0. The fraction of sp³-hybridized carbons (Fsp3) is 0.462. The van der Waals surface area contributed by atoms with E-state index in [1.807, 2.05) is 18.7 Å². The Kier molecular flexibility index (Phi) is 9.19. The first-order valence-electron chi connectivity index (χ1n) is 6.16. The second kappa shape index (κ2) is 9.73. The first-order chi connectivity index (χ1) is 9.08. The molecule has 2 N–H and O–H groups in total. The SMILES string of the molecule is CCN(CC)C(N)=NCc1ccccc1OC(F)F.I. The highest BCUT2D eigenvalue weighted by Gasteiger charge is 2.09. The predicted molar refractivity (Wildman–Crippen MR) is 86.7 cm³/mol. The van der Waals surface area contributed by atoms with Gasteiger partial charge in [0, 0.05) is 18.7 Å². The van der Waals surface area contributed by atoms with Crippen molar-refractivity contribution in [3.05, 3.63) is 29.8 Å². The van der Waals surface area contributed by atoms with Crippen LogP contribution in [0.4, 0.5) is 8.78 Å². The highest BCUT2D eigenvalue weighted by atomic mass is 127. The van der Waals surface area contributed by atoms with Crippen LogP contribution >= 0.6 is 24.0 Å². The number of alkyl halides is 2. The molecular formula is C13H20F2IN3O. The van der Waals surface area contributed by atoms with E-state index in [4.69, 9.17) is 5.73 Å². The molecule has 7 heteroatoms. The minimum absolute atomic E-state index is 0. The molecule has 20 heavy (non-hydrogen) atoms. The number of hydrogen-bond acceptors (Lipinski definition) is 2. The Morgan fingerprint density at radius 1 is 1.30 bits per heavy atom. The summed E-state index contributed by atoms with van der Waals surface area (Å²) in [5.74, 6) is 0.533. The maximum Gasteiger partial charge on any atom is 0.387 e. The quantitative estimate of drug-likeness (QED) is 0.455. The van der Waals surface area contributed by atoms with Gasteiger partial charge in [-0.15, -0.1) is 24.0 Å². The number of rotatable bonds is 6. The number of benzene rings is 1. The Hall–Kier alpha value is -1.12. The number of halogens is 3. The van der Waals surface area contributed by atoms with E-state index in [2.05, 4.69) is 9.73 Å². The van der Waals surface area contributed by atoms with Gasteiger partial charge in [-0.1, -0.05) is 18.2 Å². The number of para-hydroxylation sites is 1. The lowest BCUT2D eigenvalue weighted by molar-refractivity contribution is -0.0504. The van der Waals surface area contributed by atoms with Crippen LogP contribution in [0.1, 0.15) is 19.4 Å². The normalized spacial score (nSPS) is 11.2. The van der Waals surface area contributed by atoms with E-state index < -0.39 is 6.61 Å². The molecule has 1 rings (SSSR count). The van der Waals surface area contributed by atoms with Crippen LogP contribution < -0.4 is 10.5 Å². The van der Waals surface area contributed by atoms with Crippen LogP contribution in [0.2, 0.25) is 0 Å². The zero-order valence-electron chi connectivity index (χ0n) is 11.6. The van der Waals surface area contributed by atoms with Crippen LogP contribution in [0.3, 0.4) is 0 Å². The van der Waals surface area contributed by atoms with Crippen LogP contribution in [0.5, 0.6) is 5.75 Å². The van der Waals surface area contributed by atoms with Crippen LogP contribution in [0.15, 0.2) is 29.3 Å². The van der Waals surface area contributed by atoms with Crippen molar-refractivity contribution < 1.29 is 13.5 Å². The van der Waals surface area contributed by atoms with Gasteiger partial charge in [-0.05, 0) is 19.9 Å². The van der Waals surface area contributed by atoms with Gasteiger partial charge < -0.3 is 15.4 Å². The maximum atomic E-state index is 12.2. The summed E-state index contributed by atoms with van der Waals surface area (Å²) < 4.78 is 28.9. The fourth-order valence-electron chi connectivity index (χ4n) is 1.66. The average molecular weight is 399 g/mol. The van der Waals surface area contributed by atoms with E-state index >= 15 is 0 Å². The third-order valence-electron chi connectivity index (χ3n) is 2.69. The molecule has 0 aliphatic rings. The summed E-state index contributed by atoms with van der Waals surface area (Å²) in [5, 5.41) is 0. The zero-order valence-corrected chi connectivity index (χ0v) is 13.9. The van der Waals surface area contributed by atoms with Crippen LogP contribution in [-0.2, 0) is 6.54 Å². The molecular weight excluding hydrogens is 379 g/mol. The highest BCUT2D eigenvalue weighted by Crippen LogP contribution is 2.20. The number of guanidine groups is 1. The molecule has 0 atom stereocenters. The molecule has 0 saturated carbocycles. The zero-order chi connectivity index (χ0) is 14.3. The van der Waals surface area contributed by atoms with Crippen LogP contribution in [0.25, 0.3) is 0 Å². The van der Waals surface area contributed by atoms with E-state index in [1.165, 1.54) is 6.07 Å². The van der Waals surface area contributed by atoms with Gasteiger partial charge in [0.15, 0.2) is 5.96 Å². The maximum absolute atomic E-state index is 12.2. The first-order valence-corrected chi connectivity index (χ1v) is 6.16. The largest absolute Gasteiger partial charge is 0.434 e. The lowest BCUT2D eigenvalue weighted by Crippen LogP contribution is -2.37. The van der Waals surface area contributed by atoms with Crippen molar-refractivity contribution in [2.24, 2.45) is 10.7 Å². The van der Waals surface area contributed by atoms with Gasteiger partial charge in [-0.25, -0.2) is 4.99 Å². The van der Waals surface area contributed by atoms with Gasteiger partial charge in [-0.2, -0.15) is 8.78 Å². The van der Waals surface area contributed by atoms with Gasteiger partial charge in [0.1, 0.15) is 5.75 Å². The average Bonchev–Trinajstić information content (AvgIpc) is 2.38. The Bertz CT molecular complexity index is 426. The summed E-state index contributed by atoms with van der Waals surface area (Å²) in [6.45, 7) is 2.82. The highest BCUT2D eigenvalue weighted by molar-refractivity contribution is 14.0. The minimum Gasteiger partial charge on any atom is -0.434 e. The first kappa shape index (κ1) is 18.9. The molecule has 0 saturated heterocycles. The molecule has 0 bridgehead atoms. The smallest absolute Gasteiger partial charge is 0.387 e. The van der Waals surface area contributed by atoms with Gasteiger partial charge in [-0.3, -0.25) is 0 Å². The molecule has 0 fully saturated rings. The molecule has 4 nitrogen and oxygen atoms in total. The summed E-state index contributed by atoms with van der Waals surface area (Å²) in [5.41, 5.74) is 6.41. The molecule has 0 heterocycles. The van der Waals surface area contributed by atoms with E-state index in [9.17, 15) is 8.78 Å². The lowest BCUT2D eigenvalue weighted by atomic mass is 10.2. The Labute approximate surface area is 135 Å². The number of hydrogen-bond donors (Lipinski definition) is 1. The second-order valence-corrected chi connectivity index (χ2v) is 3.83. The van der Waals surface area contributed by atoms with E-state index in [0.29, 0.717) is 11.5 Å². The number of aliphatic imine (C=N–C) groups is 1. The van der Waals surface area contributed by atoms with E-state index in [1.54, 1.807) is 18.2 Å². The molecule has 0 amide bonds. The molecule has 1 aromatic carbocycles. The molecule has 0 aliphatic heterocycles. The number of ether oxygens (including phenoxy) is 1. The monoisotopic (exact) mass is 399 g/mol. The van der Waals surface area contributed by atoms with Crippen molar-refractivity contribution in [1.29, 1.82) is 0 Å². The molecule has 0 aromatic heterocycles. The lowest BCUT2D eigenvalue weighted by Gasteiger charge is -2.19. The summed E-state index contributed by atoms with van der Waals surface area (Å²) in [6, 6.07) is 6.57. The van der Waals surface area contributed by atoms with Crippen molar-refractivity contribution in [2.75, 3.05) is 13.1 Å². The van der Waals surface area contributed by atoms with Crippen molar-refractivity contribution in [1.82, 2.24) is 4.90 Å². The van der Waals surface area contributed by atoms with Crippen molar-refractivity contribution in [2.45, 2.75) is 27.0 Å². The topological polar surface area (TPSA) is 50.8 Å². The Balaban J connectivity index is 0.00000361. The molecule has 0 aliphatic carbocycles. The molecule has 114 valence electrons. The van der Waals surface area contributed by atoms with Crippen molar-refractivity contribution >= 4 is 29.9 Å². The van der Waals surface area contributed by atoms with Gasteiger partial charge in [0.25, 0.3) is 0 Å². The number of nitrogens with zero attached hydrogens (tertiary/aromatic N) is 2. The third kappa shape index (κ3) is 5.89. The van der Waals surface area contributed by atoms with Gasteiger partial charge >= 0.3 is 6.61 Å². The summed E-state index contributed by atoms with van der Waals surface area (Å²) in [7, 11) is 0. The van der Waals surface area contributed by atoms with Crippen LogP contribution in [-0.4, -0.2) is 30.6 Å². The van der Waals surface area contributed by atoms with Gasteiger partial charge in [0.2, 0.25) is 0 Å². The van der Waals surface area contributed by atoms with Crippen LogP contribution in [0, 0.1) is 0 Å². The van der Waals surface area contributed by atoms with Crippen molar-refractivity contribution in [3.8, 4) is 5.75 Å². The van der Waals surface area contributed by atoms with Gasteiger partial charge in [0.05, 0.1) is 6.54 Å². The minimum atomic E-state index is -2.84. The molecule has 0 radical (unpaired) electrons. The summed E-state index contributed by atoms with van der Waals surface area (Å²) in [4.78, 5) is 6.09. The van der Waals surface area contributed by atoms with Crippen molar-refractivity contribution in [3.63, 3.8) is 0 Å². The Morgan fingerprint density at radius 2 is 1.90 bits per heavy atom. The molecule has 0 spiro atoms. The predicted octanol–water partition coefficient (Wildman–Crippen LogP) is 3.06. The van der Waals surface area contributed by atoms with E-state index in [-0.39, 0.29) is 36.3 Å². The van der Waals surface area contributed by atoms with E-state index in [0.717, 1.165) is 13.1 Å². The molecule has 1 aromatic rings. The summed E-state index contributed by atoms with van der Waals surface area (Å²) in [6.07, 6.45) is 0. The standard InChI is InChI=1S/C13H19F2N3O.HI/c1-3-18(4-2)13(16)17-9-10-7-5-6-8-11(10)19-12(14)15;/h5-8,12H,3-4,9H2,1-2H3,(H2,16,17);1H. The Morgan fingerprint density at radius 3 is 2.45 bits per heavy atom. The fourth-order valence-corrected chi connectivity index (χ4v) is 1.66. The number of nitrogens with two attached hydrogens (primary N) is 1. The molecule has 0 unspecified atom stereocenters. The second-order valence-electron chi connectivity index (χ2n) is 3.83.